The minimum Gasteiger partial charge on any atom is -0.300 e. The summed E-state index contributed by atoms with van der Waals surface area (Å²) in [6, 6.07) is 0. The summed E-state index contributed by atoms with van der Waals surface area (Å²) in [7, 11) is -2.86. The number of Topliss-reactive ketones (excluding diaryl/α,β-unsaturated/α-hetero) is 1. The Hall–Kier alpha value is -0.380. The molecule has 0 aromatic heterocycles. The molecule has 0 saturated heterocycles. The van der Waals surface area contributed by atoms with Crippen molar-refractivity contribution >= 4 is 15.6 Å². The van der Waals surface area contributed by atoms with Gasteiger partial charge in [0.1, 0.15) is 15.6 Å². The zero-order valence-electron chi connectivity index (χ0n) is 9.79. The van der Waals surface area contributed by atoms with Gasteiger partial charge in [0.15, 0.2) is 0 Å². The van der Waals surface area contributed by atoms with Gasteiger partial charge in [0.05, 0.1) is 11.5 Å². The highest BCUT2D eigenvalue weighted by molar-refractivity contribution is 7.91. The molecule has 0 amide bonds. The summed E-state index contributed by atoms with van der Waals surface area (Å²) in [6.07, 6.45) is 4.61. The van der Waals surface area contributed by atoms with Crippen molar-refractivity contribution in [1.82, 2.24) is 0 Å². The molecule has 0 aliphatic heterocycles. The monoisotopic (exact) mass is 234 g/mol. The van der Waals surface area contributed by atoms with E-state index in [1.54, 1.807) is 0 Å². The number of carbonyl (C=O) groups excluding carboxylic acids is 1. The Kier molecular flexibility index (Phi) is 7.65. The fourth-order valence-corrected chi connectivity index (χ4v) is 2.86. The Morgan fingerprint density at radius 3 is 2.00 bits per heavy atom. The Balaban J connectivity index is 3.60. The lowest BCUT2D eigenvalue weighted by molar-refractivity contribution is -0.117. The first kappa shape index (κ1) is 14.6. The van der Waals surface area contributed by atoms with Crippen molar-refractivity contribution in [1.29, 1.82) is 0 Å². The Bertz CT molecular complexity index is 268. The smallest absolute Gasteiger partial charge is 0.150 e. The molecule has 0 aliphatic carbocycles. The third-order valence-corrected chi connectivity index (χ3v) is 4.11. The normalized spacial score (nSPS) is 11.6. The highest BCUT2D eigenvalue weighted by Crippen LogP contribution is 2.04. The molecule has 0 rings (SSSR count). The van der Waals surface area contributed by atoms with E-state index in [-0.39, 0.29) is 11.5 Å². The number of ketones is 1. The van der Waals surface area contributed by atoms with Crippen molar-refractivity contribution in [2.24, 2.45) is 0 Å². The van der Waals surface area contributed by atoms with Crippen molar-refractivity contribution < 1.29 is 13.2 Å². The van der Waals surface area contributed by atoms with E-state index in [0.717, 1.165) is 19.3 Å². The minimum atomic E-state index is -2.86. The van der Waals surface area contributed by atoms with Crippen LogP contribution < -0.4 is 0 Å². The summed E-state index contributed by atoms with van der Waals surface area (Å²) in [4.78, 5) is 10.6. The number of unbranched alkanes of at least 4 members (excludes halogenated alkanes) is 3. The SMILES string of the molecule is CCCCCS(=O)(=O)CCCCC(C)=O. The first-order valence-electron chi connectivity index (χ1n) is 5.68. The molecule has 0 radical (unpaired) electrons. The standard InChI is InChI=1S/C11H22O3S/c1-3-4-6-9-15(13,14)10-7-5-8-11(2)12/h3-10H2,1-2H3. The summed E-state index contributed by atoms with van der Waals surface area (Å²) in [5.41, 5.74) is 0. The number of hydrogen-bond donors (Lipinski definition) is 0. The molecule has 0 fully saturated rings. The summed E-state index contributed by atoms with van der Waals surface area (Å²) in [5, 5.41) is 0. The average Bonchev–Trinajstić information content (AvgIpc) is 2.13. The van der Waals surface area contributed by atoms with Crippen LogP contribution >= 0.6 is 0 Å². The van der Waals surface area contributed by atoms with Crippen LogP contribution in [0.1, 0.15) is 52.4 Å². The summed E-state index contributed by atoms with van der Waals surface area (Å²) >= 11 is 0. The van der Waals surface area contributed by atoms with Crippen molar-refractivity contribution in [3.05, 3.63) is 0 Å². The van der Waals surface area contributed by atoms with Gasteiger partial charge in [0.25, 0.3) is 0 Å². The van der Waals surface area contributed by atoms with Crippen LogP contribution in [0.25, 0.3) is 0 Å². The van der Waals surface area contributed by atoms with Gasteiger partial charge in [-0.25, -0.2) is 8.42 Å². The third kappa shape index (κ3) is 9.91. The fourth-order valence-electron chi connectivity index (χ4n) is 1.37. The van der Waals surface area contributed by atoms with Crippen molar-refractivity contribution in [2.75, 3.05) is 11.5 Å². The van der Waals surface area contributed by atoms with Crippen LogP contribution in [0.15, 0.2) is 0 Å². The molecule has 4 heteroatoms. The molecule has 15 heavy (non-hydrogen) atoms. The Labute approximate surface area is 93.2 Å². The van der Waals surface area contributed by atoms with Crippen LogP contribution in [-0.2, 0) is 14.6 Å². The maximum absolute atomic E-state index is 11.5. The minimum absolute atomic E-state index is 0.137. The zero-order valence-corrected chi connectivity index (χ0v) is 10.6. The maximum atomic E-state index is 11.5. The zero-order chi connectivity index (χ0) is 11.7. The van der Waals surface area contributed by atoms with E-state index in [4.69, 9.17) is 0 Å². The van der Waals surface area contributed by atoms with Crippen LogP contribution in [0.3, 0.4) is 0 Å². The van der Waals surface area contributed by atoms with Gasteiger partial charge in [-0.1, -0.05) is 19.8 Å². The van der Waals surface area contributed by atoms with Crippen LogP contribution in [0, 0.1) is 0 Å². The predicted molar refractivity (Wildman–Crippen MR) is 62.7 cm³/mol. The lowest BCUT2D eigenvalue weighted by atomic mass is 10.2. The summed E-state index contributed by atoms with van der Waals surface area (Å²) < 4.78 is 22.9. The van der Waals surface area contributed by atoms with Gasteiger partial charge in [0, 0.05) is 6.42 Å². The molecule has 0 heterocycles. The molecule has 90 valence electrons. The first-order chi connectivity index (χ1) is 6.98. The van der Waals surface area contributed by atoms with Gasteiger partial charge in [-0.2, -0.15) is 0 Å². The van der Waals surface area contributed by atoms with E-state index >= 15 is 0 Å². The molecule has 0 unspecified atom stereocenters. The first-order valence-corrected chi connectivity index (χ1v) is 7.50. The van der Waals surface area contributed by atoms with E-state index in [9.17, 15) is 13.2 Å². The van der Waals surface area contributed by atoms with E-state index in [1.165, 1.54) is 6.92 Å². The quantitative estimate of drug-likeness (QED) is 0.575. The van der Waals surface area contributed by atoms with Crippen LogP contribution in [-0.4, -0.2) is 25.7 Å². The van der Waals surface area contributed by atoms with E-state index in [2.05, 4.69) is 6.92 Å². The Morgan fingerprint density at radius 1 is 1.00 bits per heavy atom. The number of carbonyl (C=O) groups is 1. The second-order valence-corrected chi connectivity index (χ2v) is 6.32. The second kappa shape index (κ2) is 7.85. The summed E-state index contributed by atoms with van der Waals surface area (Å²) in [6.45, 7) is 3.59. The van der Waals surface area contributed by atoms with Crippen LogP contribution in [0.2, 0.25) is 0 Å². The maximum Gasteiger partial charge on any atom is 0.150 e. The van der Waals surface area contributed by atoms with Crippen molar-refractivity contribution in [2.45, 2.75) is 52.4 Å². The van der Waals surface area contributed by atoms with Gasteiger partial charge < -0.3 is 4.79 Å². The average molecular weight is 234 g/mol. The molecular formula is C11H22O3S. The molecule has 0 aromatic rings. The molecule has 0 spiro atoms. The second-order valence-electron chi connectivity index (χ2n) is 4.02. The van der Waals surface area contributed by atoms with Gasteiger partial charge in [-0.3, -0.25) is 0 Å². The molecule has 3 nitrogen and oxygen atoms in total. The Morgan fingerprint density at radius 2 is 1.53 bits per heavy atom. The molecule has 0 aromatic carbocycles. The van der Waals surface area contributed by atoms with Gasteiger partial charge in [0.2, 0.25) is 0 Å². The molecule has 0 bridgehead atoms. The van der Waals surface area contributed by atoms with Crippen LogP contribution in [0.5, 0.6) is 0 Å². The number of hydrogen-bond acceptors (Lipinski definition) is 3. The topological polar surface area (TPSA) is 51.2 Å². The lowest BCUT2D eigenvalue weighted by Gasteiger charge is -2.03. The molecule has 0 saturated carbocycles. The highest BCUT2D eigenvalue weighted by Gasteiger charge is 2.09. The molecule has 0 N–H and O–H groups in total. The van der Waals surface area contributed by atoms with Gasteiger partial charge >= 0.3 is 0 Å². The van der Waals surface area contributed by atoms with E-state index < -0.39 is 9.84 Å². The van der Waals surface area contributed by atoms with E-state index in [1.807, 2.05) is 0 Å². The van der Waals surface area contributed by atoms with Crippen LogP contribution in [0.4, 0.5) is 0 Å². The largest absolute Gasteiger partial charge is 0.300 e. The number of sulfone groups is 1. The van der Waals surface area contributed by atoms with Crippen molar-refractivity contribution in [3.8, 4) is 0 Å². The van der Waals surface area contributed by atoms with Gasteiger partial charge in [-0.15, -0.1) is 0 Å². The lowest BCUT2D eigenvalue weighted by Crippen LogP contribution is -2.11. The highest BCUT2D eigenvalue weighted by atomic mass is 32.2. The van der Waals surface area contributed by atoms with Crippen molar-refractivity contribution in [3.63, 3.8) is 0 Å². The van der Waals surface area contributed by atoms with Gasteiger partial charge in [-0.05, 0) is 26.2 Å². The fraction of sp³-hybridized carbons (Fsp3) is 0.909. The predicted octanol–water partition coefficient (Wildman–Crippen LogP) is 2.35. The summed E-state index contributed by atoms with van der Waals surface area (Å²) in [5.74, 6) is 0.684. The van der Waals surface area contributed by atoms with E-state index in [0.29, 0.717) is 25.0 Å². The number of rotatable bonds is 9. The molecular weight excluding hydrogens is 212 g/mol. The molecule has 0 atom stereocenters. The molecule has 0 aliphatic rings. The third-order valence-electron chi connectivity index (χ3n) is 2.29.